The van der Waals surface area contributed by atoms with Crippen LogP contribution in [0.25, 0.3) is 50.3 Å². The predicted molar refractivity (Wildman–Crippen MR) is 255 cm³/mol. The van der Waals surface area contributed by atoms with Crippen LogP contribution in [0.3, 0.4) is 0 Å². The number of hydrogen-bond acceptors (Lipinski definition) is 6. The lowest BCUT2D eigenvalue weighted by Gasteiger charge is -2.30. The molecule has 7 heteroatoms. The fourth-order valence-electron chi connectivity index (χ4n) is 8.61. The number of fused-ring (bicyclic) bond motifs is 7. The Balaban J connectivity index is 1.15. The Morgan fingerprint density at radius 2 is 1.62 bits per heavy atom. The molecule has 7 nitrogen and oxygen atoms in total. The molecule has 0 radical (unpaired) electrons. The third-order valence-corrected chi connectivity index (χ3v) is 11.5. The molecule has 0 fully saturated rings. The summed E-state index contributed by atoms with van der Waals surface area (Å²) in [6.45, 7) is 16.1. The molecule has 1 N–H and O–H groups in total. The summed E-state index contributed by atoms with van der Waals surface area (Å²) < 4.78 is 8.71. The first-order valence-corrected chi connectivity index (χ1v) is 20.8. The molecule has 2 aliphatic heterocycles. The lowest BCUT2D eigenvalue weighted by atomic mass is 9.86. The average Bonchev–Trinajstić information content (AvgIpc) is 3.97. The highest BCUT2D eigenvalue weighted by atomic mass is 16.5. The van der Waals surface area contributed by atoms with Gasteiger partial charge in [0.15, 0.2) is 17.9 Å². The second kappa shape index (κ2) is 16.6. The molecule has 4 heterocycles. The first kappa shape index (κ1) is 39.0. The molecular formula is C54H48N6O. The van der Waals surface area contributed by atoms with E-state index in [1.54, 1.807) is 6.08 Å². The van der Waals surface area contributed by atoms with Gasteiger partial charge >= 0.3 is 0 Å². The van der Waals surface area contributed by atoms with E-state index in [-0.39, 0.29) is 18.2 Å². The molecule has 1 aliphatic carbocycles. The third kappa shape index (κ3) is 7.08. The fraction of sp³-hybridized carbons (Fsp3) is 0.130. The van der Waals surface area contributed by atoms with Crippen LogP contribution in [0.4, 0.5) is 11.4 Å². The summed E-state index contributed by atoms with van der Waals surface area (Å²) in [6, 6.07) is 29.9. The number of nitrogens with zero attached hydrogens (tertiary/aromatic N) is 5. The van der Waals surface area contributed by atoms with Crippen molar-refractivity contribution >= 4 is 44.3 Å². The van der Waals surface area contributed by atoms with Gasteiger partial charge in [0.2, 0.25) is 5.95 Å². The minimum absolute atomic E-state index is 0.0929. The van der Waals surface area contributed by atoms with E-state index in [4.69, 9.17) is 19.7 Å². The summed E-state index contributed by atoms with van der Waals surface area (Å²) in [5, 5.41) is 5.86. The van der Waals surface area contributed by atoms with Crippen LogP contribution in [0.1, 0.15) is 50.6 Å². The maximum absolute atomic E-state index is 6.55. The first-order chi connectivity index (χ1) is 29.9. The molecule has 0 bridgehead atoms. The van der Waals surface area contributed by atoms with E-state index >= 15 is 0 Å². The Kier molecular flexibility index (Phi) is 10.6. The van der Waals surface area contributed by atoms with Crippen molar-refractivity contribution in [2.45, 2.75) is 45.9 Å². The van der Waals surface area contributed by atoms with E-state index in [0.29, 0.717) is 17.6 Å². The van der Waals surface area contributed by atoms with Gasteiger partial charge in [-0.1, -0.05) is 147 Å². The van der Waals surface area contributed by atoms with Gasteiger partial charge in [-0.25, -0.2) is 4.98 Å². The van der Waals surface area contributed by atoms with Crippen molar-refractivity contribution in [2.24, 2.45) is 0 Å². The molecule has 0 amide bonds. The maximum atomic E-state index is 6.55. The molecule has 300 valence electrons. The molecule has 6 aromatic rings. The second-order valence-corrected chi connectivity index (χ2v) is 15.2. The molecule has 0 saturated carbocycles. The van der Waals surface area contributed by atoms with Gasteiger partial charge < -0.3 is 15.0 Å². The Hall–Kier alpha value is -7.51. The van der Waals surface area contributed by atoms with Crippen LogP contribution in [0.5, 0.6) is 5.75 Å². The van der Waals surface area contributed by atoms with Gasteiger partial charge in [-0.05, 0) is 86.4 Å². The van der Waals surface area contributed by atoms with Crippen LogP contribution in [0.15, 0.2) is 194 Å². The molecule has 2 aromatic heterocycles. The number of ether oxygens (including phenoxy) is 1. The lowest BCUT2D eigenvalue weighted by molar-refractivity contribution is 0.293. The summed E-state index contributed by atoms with van der Waals surface area (Å²) in [5.74, 6) is 2.73. The van der Waals surface area contributed by atoms with E-state index in [1.165, 1.54) is 16.8 Å². The van der Waals surface area contributed by atoms with Crippen molar-refractivity contribution in [1.29, 1.82) is 0 Å². The Bertz CT molecular complexity index is 2970. The van der Waals surface area contributed by atoms with Gasteiger partial charge in [-0.2, -0.15) is 9.97 Å². The van der Waals surface area contributed by atoms with Gasteiger partial charge in [-0.15, -0.1) is 0 Å². The summed E-state index contributed by atoms with van der Waals surface area (Å²) in [5.41, 5.74) is 11.7. The number of para-hydroxylation sites is 1. The molecule has 3 unspecified atom stereocenters. The van der Waals surface area contributed by atoms with Crippen molar-refractivity contribution in [1.82, 2.24) is 19.5 Å². The molecular weight excluding hydrogens is 749 g/mol. The summed E-state index contributed by atoms with van der Waals surface area (Å²) in [4.78, 5) is 17.6. The molecule has 4 aromatic carbocycles. The quantitative estimate of drug-likeness (QED) is 0.132. The minimum Gasteiger partial charge on any atom is -0.464 e. The van der Waals surface area contributed by atoms with Crippen LogP contribution in [-0.4, -0.2) is 31.8 Å². The monoisotopic (exact) mass is 796 g/mol. The predicted octanol–water partition coefficient (Wildman–Crippen LogP) is 13.0. The number of rotatable bonds is 11. The number of aromatic nitrogens is 4. The SMILES string of the molecule is C=C/C=C\C=C(/C)c1nc(-c2ccccc2)nc(-n2c3ccccc3c3cc(C4=CC5c6cc7c(cc6N(C(/C=C\C)=C/C)C5C=C4)NC(/C(C=C)=C/C=C\C)O7)ccc32)n1. The largest absolute Gasteiger partial charge is 0.464 e. The molecule has 3 atom stereocenters. The van der Waals surface area contributed by atoms with E-state index in [2.05, 4.69) is 133 Å². The van der Waals surface area contributed by atoms with E-state index < -0.39 is 0 Å². The maximum Gasteiger partial charge on any atom is 0.238 e. The Morgan fingerprint density at radius 1 is 0.803 bits per heavy atom. The first-order valence-electron chi connectivity index (χ1n) is 20.8. The third-order valence-electron chi connectivity index (χ3n) is 11.5. The molecule has 9 rings (SSSR count). The number of anilines is 2. The highest BCUT2D eigenvalue weighted by molar-refractivity contribution is 6.10. The summed E-state index contributed by atoms with van der Waals surface area (Å²) in [7, 11) is 0. The highest BCUT2D eigenvalue weighted by Crippen LogP contribution is 2.52. The van der Waals surface area contributed by atoms with E-state index in [0.717, 1.165) is 61.2 Å². The van der Waals surface area contributed by atoms with E-state index in [1.807, 2.05) is 86.7 Å². The fourth-order valence-corrected chi connectivity index (χ4v) is 8.61. The van der Waals surface area contributed by atoms with Crippen molar-refractivity contribution < 1.29 is 4.74 Å². The number of hydrogen-bond donors (Lipinski definition) is 1. The van der Waals surface area contributed by atoms with Gasteiger partial charge in [0.25, 0.3) is 0 Å². The van der Waals surface area contributed by atoms with Crippen LogP contribution < -0.4 is 15.0 Å². The van der Waals surface area contributed by atoms with Crippen LogP contribution >= 0.6 is 0 Å². The number of benzene rings is 4. The van der Waals surface area contributed by atoms with Crippen LogP contribution in [0.2, 0.25) is 0 Å². The Morgan fingerprint density at radius 3 is 2.41 bits per heavy atom. The van der Waals surface area contributed by atoms with Gasteiger partial charge in [0.1, 0.15) is 5.75 Å². The van der Waals surface area contributed by atoms with Crippen LogP contribution in [-0.2, 0) is 0 Å². The minimum atomic E-state index is -0.313. The summed E-state index contributed by atoms with van der Waals surface area (Å²) >= 11 is 0. The van der Waals surface area contributed by atoms with Gasteiger partial charge in [-0.3, -0.25) is 4.57 Å². The van der Waals surface area contributed by atoms with Crippen molar-refractivity contribution in [3.8, 4) is 23.1 Å². The molecule has 3 aliphatic rings. The number of nitrogens with one attached hydrogen (secondary N) is 1. The highest BCUT2D eigenvalue weighted by Gasteiger charge is 2.41. The van der Waals surface area contributed by atoms with Gasteiger partial charge in [0.05, 0.1) is 22.8 Å². The zero-order valence-corrected chi connectivity index (χ0v) is 35.0. The second-order valence-electron chi connectivity index (χ2n) is 15.2. The molecule has 0 saturated heterocycles. The normalized spacial score (nSPS) is 18.8. The lowest BCUT2D eigenvalue weighted by Crippen LogP contribution is -2.32. The zero-order chi connectivity index (χ0) is 42.0. The van der Waals surface area contributed by atoms with E-state index in [9.17, 15) is 0 Å². The summed E-state index contributed by atoms with van der Waals surface area (Å²) in [6.07, 6.45) is 28.8. The number of allylic oxidation sites excluding steroid dienone is 13. The molecule has 0 spiro atoms. The van der Waals surface area contributed by atoms with Crippen molar-refractivity contribution in [3.05, 3.63) is 211 Å². The van der Waals surface area contributed by atoms with Crippen molar-refractivity contribution in [3.63, 3.8) is 0 Å². The smallest absolute Gasteiger partial charge is 0.238 e. The van der Waals surface area contributed by atoms with Crippen molar-refractivity contribution in [2.75, 3.05) is 10.2 Å². The Labute approximate surface area is 357 Å². The van der Waals surface area contributed by atoms with Gasteiger partial charge in [0, 0.05) is 39.2 Å². The zero-order valence-electron chi connectivity index (χ0n) is 35.0. The average molecular weight is 797 g/mol. The topological polar surface area (TPSA) is 68.1 Å². The van der Waals surface area contributed by atoms with Crippen LogP contribution in [0, 0.1) is 0 Å². The molecule has 61 heavy (non-hydrogen) atoms. The standard InChI is InChI=1S/C54H48N6O/c1-7-12-15-21-35(6)51-56-52(37-23-16-14-17-24-37)58-54(57-51)60-46-26-19-18-25-41(46)42-31-38(28-30-48(42)60)39-27-29-47-43(32-39)44-33-50-45(34-49(44)59(47)40(11-5)20-9-3)55-53(61-50)36(10-4)22-13-8-2/h7-34,43,47,53,55H,1,4H2,2-3,5-6H3/b13-8-,15-12-,20-9-,35-21+,36-22+,40-11+.